The SMILES string of the molecule is c1ccc(N(c2ccccc2)c2cccc(-c3ccc4c5ccccc5n(-c5ccc6c(c5)C(c5ccccc5)(c5ccccc5)c5ccccc5-6)c4c3)c2)cc1. The molecule has 10 aromatic rings. The molecule has 0 saturated heterocycles. The van der Waals surface area contributed by atoms with E-state index in [4.69, 9.17) is 0 Å². The second kappa shape index (κ2) is 13.4. The fourth-order valence-electron chi connectivity index (χ4n) is 9.43. The summed E-state index contributed by atoms with van der Waals surface area (Å²) in [5, 5.41) is 2.48. The first-order chi connectivity index (χ1) is 28.3. The molecule has 0 N–H and O–H groups in total. The lowest BCUT2D eigenvalue weighted by Gasteiger charge is -2.34. The van der Waals surface area contributed by atoms with Crippen molar-refractivity contribution in [2.45, 2.75) is 5.41 Å². The van der Waals surface area contributed by atoms with E-state index in [0.717, 1.165) is 22.7 Å². The van der Waals surface area contributed by atoms with Gasteiger partial charge in [0, 0.05) is 33.5 Å². The van der Waals surface area contributed by atoms with E-state index in [1.165, 1.54) is 66.3 Å². The zero-order valence-electron chi connectivity index (χ0n) is 31.3. The van der Waals surface area contributed by atoms with Crippen LogP contribution in [0.3, 0.4) is 0 Å². The summed E-state index contributed by atoms with van der Waals surface area (Å²) in [5.74, 6) is 0. The highest BCUT2D eigenvalue weighted by Gasteiger charge is 2.46. The van der Waals surface area contributed by atoms with Crippen LogP contribution in [-0.2, 0) is 5.41 Å². The van der Waals surface area contributed by atoms with E-state index in [0.29, 0.717) is 0 Å². The normalized spacial score (nSPS) is 12.7. The largest absolute Gasteiger partial charge is 0.310 e. The van der Waals surface area contributed by atoms with Gasteiger partial charge in [0.15, 0.2) is 0 Å². The van der Waals surface area contributed by atoms with Crippen molar-refractivity contribution in [3.8, 4) is 27.9 Å². The molecule has 1 heterocycles. The molecule has 0 radical (unpaired) electrons. The number of anilines is 3. The first kappa shape index (κ1) is 33.0. The molecule has 0 bridgehead atoms. The van der Waals surface area contributed by atoms with Gasteiger partial charge in [-0.25, -0.2) is 0 Å². The van der Waals surface area contributed by atoms with Crippen LogP contribution in [0, 0.1) is 0 Å². The summed E-state index contributed by atoms with van der Waals surface area (Å²) in [4.78, 5) is 2.33. The highest BCUT2D eigenvalue weighted by atomic mass is 15.1. The van der Waals surface area contributed by atoms with Crippen LogP contribution in [0.4, 0.5) is 17.1 Å². The van der Waals surface area contributed by atoms with Gasteiger partial charge in [-0.15, -0.1) is 0 Å². The molecule has 1 aliphatic carbocycles. The van der Waals surface area contributed by atoms with Gasteiger partial charge < -0.3 is 9.47 Å². The third-order valence-electron chi connectivity index (χ3n) is 11.8. The van der Waals surface area contributed by atoms with Crippen molar-refractivity contribution in [3.05, 3.63) is 253 Å². The van der Waals surface area contributed by atoms with Crippen molar-refractivity contribution in [1.29, 1.82) is 0 Å². The molecular formula is C55H38N2. The lowest BCUT2D eigenvalue weighted by molar-refractivity contribution is 0.767. The van der Waals surface area contributed by atoms with Crippen LogP contribution < -0.4 is 4.90 Å². The van der Waals surface area contributed by atoms with E-state index in [-0.39, 0.29) is 0 Å². The number of nitrogens with zero attached hydrogens (tertiary/aromatic N) is 2. The molecule has 0 fully saturated rings. The maximum atomic E-state index is 2.47. The molecule has 0 aliphatic heterocycles. The van der Waals surface area contributed by atoms with E-state index in [1.54, 1.807) is 0 Å². The molecule has 0 unspecified atom stereocenters. The minimum atomic E-state index is -0.474. The van der Waals surface area contributed by atoms with Gasteiger partial charge >= 0.3 is 0 Å². The lowest BCUT2D eigenvalue weighted by atomic mass is 9.67. The predicted molar refractivity (Wildman–Crippen MR) is 238 cm³/mol. The number of aromatic nitrogens is 1. The number of para-hydroxylation sites is 3. The zero-order valence-corrected chi connectivity index (χ0v) is 31.3. The second-order valence-corrected chi connectivity index (χ2v) is 14.9. The van der Waals surface area contributed by atoms with Crippen LogP contribution in [0.25, 0.3) is 49.7 Å². The molecular weight excluding hydrogens is 689 g/mol. The van der Waals surface area contributed by atoms with Crippen molar-refractivity contribution in [2.75, 3.05) is 4.90 Å². The summed E-state index contributed by atoms with van der Waals surface area (Å²) in [6, 6.07) is 84.2. The van der Waals surface area contributed by atoms with Crippen molar-refractivity contribution < 1.29 is 0 Å². The summed E-state index contributed by atoms with van der Waals surface area (Å²) < 4.78 is 2.47. The Hall–Kier alpha value is -7.42. The first-order valence-corrected chi connectivity index (χ1v) is 19.7. The van der Waals surface area contributed by atoms with Crippen LogP contribution >= 0.6 is 0 Å². The Morgan fingerprint density at radius 2 is 0.877 bits per heavy atom. The standard InChI is InChI=1S/C55H38N2/c1-5-19-41(20-6-1)55(42-21-7-2-8-22-42)51-30-15-13-28-47(51)48-35-33-46(38-52(48)55)57-53-31-16-14-29-49(53)50-34-32-40(37-54(50)57)39-18-17-27-45(36-39)56(43-23-9-3-10-24-43)44-25-11-4-12-26-44/h1-38H. The van der Waals surface area contributed by atoms with Crippen LogP contribution in [0.2, 0.25) is 0 Å². The quantitative estimate of drug-likeness (QED) is 0.159. The van der Waals surface area contributed by atoms with E-state index in [1.807, 2.05) is 0 Å². The third-order valence-corrected chi connectivity index (χ3v) is 11.8. The number of hydrogen-bond donors (Lipinski definition) is 0. The summed E-state index contributed by atoms with van der Waals surface area (Å²) >= 11 is 0. The van der Waals surface area contributed by atoms with E-state index >= 15 is 0 Å². The van der Waals surface area contributed by atoms with E-state index in [2.05, 4.69) is 240 Å². The summed E-state index contributed by atoms with van der Waals surface area (Å²) in [5.41, 5.74) is 16.5. The van der Waals surface area contributed by atoms with Gasteiger partial charge in [-0.2, -0.15) is 0 Å². The summed E-state index contributed by atoms with van der Waals surface area (Å²) in [7, 11) is 0. The first-order valence-electron chi connectivity index (χ1n) is 19.7. The second-order valence-electron chi connectivity index (χ2n) is 14.9. The van der Waals surface area contributed by atoms with Gasteiger partial charge in [0.1, 0.15) is 0 Å². The topological polar surface area (TPSA) is 8.17 Å². The lowest BCUT2D eigenvalue weighted by Crippen LogP contribution is -2.28. The van der Waals surface area contributed by atoms with Gasteiger partial charge in [0.25, 0.3) is 0 Å². The maximum absolute atomic E-state index is 2.47. The molecule has 57 heavy (non-hydrogen) atoms. The van der Waals surface area contributed by atoms with Crippen LogP contribution in [-0.4, -0.2) is 4.57 Å². The zero-order chi connectivity index (χ0) is 37.8. The number of benzene rings is 9. The predicted octanol–water partition coefficient (Wildman–Crippen LogP) is 14.3. The molecule has 1 aromatic heterocycles. The fourth-order valence-corrected chi connectivity index (χ4v) is 9.43. The third kappa shape index (κ3) is 5.18. The average Bonchev–Trinajstić information content (AvgIpc) is 3.78. The van der Waals surface area contributed by atoms with Crippen LogP contribution in [0.1, 0.15) is 22.3 Å². The Morgan fingerprint density at radius 3 is 1.58 bits per heavy atom. The van der Waals surface area contributed by atoms with Crippen LogP contribution in [0.15, 0.2) is 231 Å². The molecule has 9 aromatic carbocycles. The number of hydrogen-bond acceptors (Lipinski definition) is 1. The Balaban J connectivity index is 1.12. The van der Waals surface area contributed by atoms with E-state index < -0.39 is 5.41 Å². The van der Waals surface area contributed by atoms with Gasteiger partial charge in [-0.3, -0.25) is 0 Å². The van der Waals surface area contributed by atoms with Crippen molar-refractivity contribution >= 4 is 38.9 Å². The van der Waals surface area contributed by atoms with Gasteiger partial charge in [-0.05, 0) is 105 Å². The number of fused-ring (bicyclic) bond motifs is 6. The highest BCUT2D eigenvalue weighted by molar-refractivity contribution is 6.10. The molecule has 268 valence electrons. The minimum absolute atomic E-state index is 0.474. The van der Waals surface area contributed by atoms with Crippen molar-refractivity contribution in [1.82, 2.24) is 4.57 Å². The molecule has 1 aliphatic rings. The Bertz CT molecular complexity index is 2980. The van der Waals surface area contributed by atoms with Crippen molar-refractivity contribution in [3.63, 3.8) is 0 Å². The summed E-state index contributed by atoms with van der Waals surface area (Å²) in [6.07, 6.45) is 0. The van der Waals surface area contributed by atoms with Crippen molar-refractivity contribution in [2.24, 2.45) is 0 Å². The molecule has 0 amide bonds. The van der Waals surface area contributed by atoms with Gasteiger partial charge in [0.05, 0.1) is 16.4 Å². The molecule has 2 nitrogen and oxygen atoms in total. The van der Waals surface area contributed by atoms with Crippen LogP contribution in [0.5, 0.6) is 0 Å². The Labute approximate surface area is 333 Å². The monoisotopic (exact) mass is 726 g/mol. The molecule has 0 spiro atoms. The number of rotatable bonds is 7. The molecule has 0 saturated carbocycles. The molecule has 0 atom stereocenters. The summed E-state index contributed by atoms with van der Waals surface area (Å²) in [6.45, 7) is 0. The van der Waals surface area contributed by atoms with Gasteiger partial charge in [0.2, 0.25) is 0 Å². The average molecular weight is 727 g/mol. The maximum Gasteiger partial charge on any atom is 0.0714 e. The van der Waals surface area contributed by atoms with Gasteiger partial charge in [-0.1, -0.05) is 170 Å². The fraction of sp³-hybridized carbons (Fsp3) is 0.0182. The van der Waals surface area contributed by atoms with E-state index in [9.17, 15) is 0 Å². The highest BCUT2D eigenvalue weighted by Crippen LogP contribution is 2.56. The Morgan fingerprint density at radius 1 is 0.333 bits per heavy atom. The molecule has 2 heteroatoms. The Kier molecular flexibility index (Phi) is 7.75. The smallest absolute Gasteiger partial charge is 0.0714 e. The minimum Gasteiger partial charge on any atom is -0.310 e. The molecule has 11 rings (SSSR count).